The minimum Gasteiger partial charge on any atom is -0.351 e. The smallest absolute Gasteiger partial charge is 0.254 e. The van der Waals surface area contributed by atoms with Gasteiger partial charge in [0.2, 0.25) is 5.91 Å². The number of amides is 2. The van der Waals surface area contributed by atoms with Crippen LogP contribution in [-0.4, -0.2) is 46.6 Å². The third kappa shape index (κ3) is 5.33. The fraction of sp³-hybridized carbons (Fsp3) is 0.350. The molecule has 0 saturated carbocycles. The van der Waals surface area contributed by atoms with E-state index in [4.69, 9.17) is 0 Å². The Bertz CT molecular complexity index is 724. The summed E-state index contributed by atoms with van der Waals surface area (Å²) in [7, 11) is 0. The third-order valence-corrected chi connectivity index (χ3v) is 5.38. The minimum absolute atomic E-state index is 0.00663. The number of aromatic nitrogens is 1. The molecule has 1 saturated heterocycles. The number of rotatable bonds is 5. The molecule has 2 heterocycles. The van der Waals surface area contributed by atoms with Crippen molar-refractivity contribution in [2.24, 2.45) is 0 Å². The lowest BCUT2D eigenvalue weighted by Crippen LogP contribution is -2.45. The van der Waals surface area contributed by atoms with Crippen LogP contribution in [0.15, 0.2) is 59.8 Å². The van der Waals surface area contributed by atoms with Gasteiger partial charge in [0.25, 0.3) is 5.91 Å². The van der Waals surface area contributed by atoms with Crippen LogP contribution in [0, 0.1) is 0 Å². The standard InChI is InChI=1S/C20H23N3O2S/c24-19(15-26-18-7-2-1-3-8-18)22-17-6-4-5-13-23(14-17)20(25)16-9-11-21-12-10-16/h1-3,7-12,17H,4-6,13-15H2,(H,22,24)/t17-/m0/s1. The first-order valence-electron chi connectivity index (χ1n) is 8.89. The van der Waals surface area contributed by atoms with E-state index in [1.54, 1.807) is 24.5 Å². The van der Waals surface area contributed by atoms with Crippen molar-refractivity contribution in [2.45, 2.75) is 30.2 Å². The van der Waals surface area contributed by atoms with E-state index in [-0.39, 0.29) is 17.9 Å². The number of carbonyl (C=O) groups is 2. The maximum absolute atomic E-state index is 12.7. The normalized spacial score (nSPS) is 17.4. The highest BCUT2D eigenvalue weighted by Crippen LogP contribution is 2.17. The van der Waals surface area contributed by atoms with Crippen molar-refractivity contribution in [1.29, 1.82) is 0 Å². The van der Waals surface area contributed by atoms with Gasteiger partial charge in [0.15, 0.2) is 0 Å². The van der Waals surface area contributed by atoms with Crippen LogP contribution in [0.5, 0.6) is 0 Å². The maximum Gasteiger partial charge on any atom is 0.254 e. The number of hydrogen-bond donors (Lipinski definition) is 1. The van der Waals surface area contributed by atoms with E-state index in [2.05, 4.69) is 10.3 Å². The Morgan fingerprint density at radius 3 is 2.65 bits per heavy atom. The lowest BCUT2D eigenvalue weighted by Gasteiger charge is -2.25. The highest BCUT2D eigenvalue weighted by molar-refractivity contribution is 8.00. The van der Waals surface area contributed by atoms with Gasteiger partial charge in [-0.25, -0.2) is 0 Å². The molecule has 6 heteroatoms. The van der Waals surface area contributed by atoms with Gasteiger partial charge in [-0.3, -0.25) is 14.6 Å². The van der Waals surface area contributed by atoms with Crippen molar-refractivity contribution in [3.05, 3.63) is 60.4 Å². The van der Waals surface area contributed by atoms with Crippen LogP contribution in [0.1, 0.15) is 29.6 Å². The molecule has 2 amide bonds. The van der Waals surface area contributed by atoms with Crippen molar-refractivity contribution in [1.82, 2.24) is 15.2 Å². The monoisotopic (exact) mass is 369 g/mol. The molecule has 136 valence electrons. The van der Waals surface area contributed by atoms with Gasteiger partial charge in [0.1, 0.15) is 0 Å². The van der Waals surface area contributed by atoms with Gasteiger partial charge in [-0.1, -0.05) is 18.2 Å². The number of hydrogen-bond acceptors (Lipinski definition) is 4. The van der Waals surface area contributed by atoms with Crippen LogP contribution < -0.4 is 5.32 Å². The Morgan fingerprint density at radius 1 is 1.12 bits per heavy atom. The molecule has 0 bridgehead atoms. The Hall–Kier alpha value is -2.34. The molecule has 1 aliphatic rings. The number of benzene rings is 1. The first-order chi connectivity index (χ1) is 12.7. The number of carbonyl (C=O) groups excluding carboxylic acids is 2. The van der Waals surface area contributed by atoms with Crippen molar-refractivity contribution >= 4 is 23.6 Å². The number of thioether (sulfide) groups is 1. The summed E-state index contributed by atoms with van der Waals surface area (Å²) in [6, 6.07) is 13.4. The summed E-state index contributed by atoms with van der Waals surface area (Å²) in [5, 5.41) is 3.10. The number of nitrogens with one attached hydrogen (secondary N) is 1. The van der Waals surface area contributed by atoms with Gasteiger partial charge in [-0.2, -0.15) is 0 Å². The molecule has 0 unspecified atom stereocenters. The minimum atomic E-state index is 0.00663. The second-order valence-corrected chi connectivity index (χ2v) is 7.40. The van der Waals surface area contributed by atoms with E-state index in [1.807, 2.05) is 35.2 Å². The molecule has 26 heavy (non-hydrogen) atoms. The molecule has 1 atom stereocenters. The zero-order valence-corrected chi connectivity index (χ0v) is 15.5. The zero-order chi connectivity index (χ0) is 18.2. The fourth-order valence-electron chi connectivity index (χ4n) is 3.06. The van der Waals surface area contributed by atoms with Crippen LogP contribution in [-0.2, 0) is 4.79 Å². The number of likely N-dealkylation sites (tertiary alicyclic amines) is 1. The summed E-state index contributed by atoms with van der Waals surface area (Å²) in [5.41, 5.74) is 0.645. The van der Waals surface area contributed by atoms with Gasteiger partial charge in [-0.15, -0.1) is 11.8 Å². The molecule has 1 fully saturated rings. The molecule has 1 aliphatic heterocycles. The first-order valence-corrected chi connectivity index (χ1v) is 9.87. The summed E-state index contributed by atoms with van der Waals surface area (Å²) >= 11 is 1.53. The van der Waals surface area contributed by atoms with Crippen LogP contribution in [0.3, 0.4) is 0 Å². The average Bonchev–Trinajstić information content (AvgIpc) is 2.93. The molecule has 2 aromatic rings. The van der Waals surface area contributed by atoms with Crippen molar-refractivity contribution in [2.75, 3.05) is 18.8 Å². The molecule has 5 nitrogen and oxygen atoms in total. The largest absolute Gasteiger partial charge is 0.351 e. The Labute approximate surface area is 158 Å². The Kier molecular flexibility index (Phi) is 6.66. The first kappa shape index (κ1) is 18.5. The second kappa shape index (κ2) is 9.38. The maximum atomic E-state index is 12.7. The van der Waals surface area contributed by atoms with Gasteiger partial charge < -0.3 is 10.2 Å². The summed E-state index contributed by atoms with van der Waals surface area (Å²) in [6.45, 7) is 1.29. The summed E-state index contributed by atoms with van der Waals surface area (Å²) < 4.78 is 0. The van der Waals surface area contributed by atoms with Gasteiger partial charge in [0, 0.05) is 42.0 Å². The number of pyridine rings is 1. The van der Waals surface area contributed by atoms with Gasteiger partial charge >= 0.3 is 0 Å². The Morgan fingerprint density at radius 2 is 1.88 bits per heavy atom. The number of nitrogens with zero attached hydrogens (tertiary/aromatic N) is 2. The zero-order valence-electron chi connectivity index (χ0n) is 14.6. The Balaban J connectivity index is 1.54. The van der Waals surface area contributed by atoms with E-state index in [1.165, 1.54) is 11.8 Å². The fourth-order valence-corrected chi connectivity index (χ4v) is 3.79. The van der Waals surface area contributed by atoms with Crippen LogP contribution in [0.25, 0.3) is 0 Å². The van der Waals surface area contributed by atoms with Gasteiger partial charge in [0.05, 0.1) is 5.75 Å². The molecule has 1 aromatic carbocycles. The van der Waals surface area contributed by atoms with E-state index >= 15 is 0 Å². The highest BCUT2D eigenvalue weighted by atomic mass is 32.2. The molecule has 0 aliphatic carbocycles. The molecule has 0 spiro atoms. The SMILES string of the molecule is O=C(CSc1ccccc1)N[C@H]1CCCCN(C(=O)c2ccncc2)C1. The van der Waals surface area contributed by atoms with Crippen molar-refractivity contribution in [3.8, 4) is 0 Å². The highest BCUT2D eigenvalue weighted by Gasteiger charge is 2.24. The molecular formula is C20H23N3O2S. The lowest BCUT2D eigenvalue weighted by atomic mass is 10.1. The summed E-state index contributed by atoms with van der Waals surface area (Å²) in [4.78, 5) is 31.9. The predicted molar refractivity (Wildman–Crippen MR) is 103 cm³/mol. The van der Waals surface area contributed by atoms with Gasteiger partial charge in [-0.05, 0) is 43.5 Å². The van der Waals surface area contributed by atoms with E-state index < -0.39 is 0 Å². The lowest BCUT2D eigenvalue weighted by molar-refractivity contribution is -0.119. The van der Waals surface area contributed by atoms with E-state index in [0.717, 1.165) is 30.7 Å². The predicted octanol–water partition coefficient (Wildman–Crippen LogP) is 2.98. The van der Waals surface area contributed by atoms with E-state index in [0.29, 0.717) is 17.9 Å². The summed E-state index contributed by atoms with van der Waals surface area (Å²) in [6.07, 6.45) is 6.14. The topological polar surface area (TPSA) is 62.3 Å². The summed E-state index contributed by atoms with van der Waals surface area (Å²) in [5.74, 6) is 0.410. The van der Waals surface area contributed by atoms with E-state index in [9.17, 15) is 9.59 Å². The van der Waals surface area contributed by atoms with Crippen LogP contribution in [0.4, 0.5) is 0 Å². The van der Waals surface area contributed by atoms with Crippen molar-refractivity contribution in [3.63, 3.8) is 0 Å². The third-order valence-electron chi connectivity index (χ3n) is 4.36. The molecular weight excluding hydrogens is 346 g/mol. The second-order valence-electron chi connectivity index (χ2n) is 6.35. The molecule has 0 radical (unpaired) electrons. The van der Waals surface area contributed by atoms with Crippen molar-refractivity contribution < 1.29 is 9.59 Å². The quantitative estimate of drug-likeness (QED) is 0.823. The average molecular weight is 369 g/mol. The molecule has 3 rings (SSSR count). The van der Waals surface area contributed by atoms with Crippen LogP contribution in [0.2, 0.25) is 0 Å². The van der Waals surface area contributed by atoms with Crippen LogP contribution >= 0.6 is 11.8 Å². The molecule has 1 N–H and O–H groups in total. The molecule has 1 aromatic heterocycles.